The van der Waals surface area contributed by atoms with E-state index in [2.05, 4.69) is 4.74 Å². The minimum absolute atomic E-state index is 0. The van der Waals surface area contributed by atoms with Crippen molar-refractivity contribution in [2.45, 2.75) is 0 Å². The Morgan fingerprint density at radius 3 is 1.56 bits per heavy atom. The molecule has 56 valence electrons. The van der Waals surface area contributed by atoms with Crippen LogP contribution in [0.25, 0.3) is 0 Å². The van der Waals surface area contributed by atoms with E-state index in [1.54, 1.807) is 0 Å². The van der Waals surface area contributed by atoms with E-state index in [0.29, 0.717) is 13.2 Å². The van der Waals surface area contributed by atoms with E-state index in [1.165, 1.54) is 0 Å². The summed E-state index contributed by atoms with van der Waals surface area (Å²) in [4.78, 5) is 0. The number of hydrogen-bond acceptors (Lipinski definition) is 4. The largest absolute Gasteiger partial charge is 0.394 e. The van der Waals surface area contributed by atoms with Crippen molar-refractivity contribution in [1.29, 1.82) is 0 Å². The normalized spacial score (nSPS) is 7.33. The second kappa shape index (κ2) is 15.8. The molecule has 0 aliphatic rings. The van der Waals surface area contributed by atoms with Gasteiger partial charge in [0.1, 0.15) is 0 Å². The Hall–Kier alpha value is 0.554. The Kier molecular flexibility index (Phi) is 28.6. The minimum Gasteiger partial charge on any atom is -0.394 e. The summed E-state index contributed by atoms with van der Waals surface area (Å²) >= 11 is 0. The molecule has 9 heavy (non-hydrogen) atoms. The summed E-state index contributed by atoms with van der Waals surface area (Å²) < 4.78 is 4.63. The Morgan fingerprint density at radius 1 is 1.00 bits per heavy atom. The van der Waals surface area contributed by atoms with Gasteiger partial charge in [-0.3, -0.25) is 0 Å². The fraction of sp³-hybridized carbons (Fsp3) is 1.00. The molecule has 0 aliphatic heterocycles. The van der Waals surface area contributed by atoms with E-state index >= 15 is 0 Å². The van der Waals surface area contributed by atoms with Crippen molar-refractivity contribution < 1.29 is 36.7 Å². The number of aliphatic hydroxyl groups is 2. The van der Waals surface area contributed by atoms with Crippen molar-refractivity contribution in [1.82, 2.24) is 6.15 Å². The van der Waals surface area contributed by atoms with E-state index in [4.69, 9.17) is 10.2 Å². The van der Waals surface area contributed by atoms with Gasteiger partial charge in [0.05, 0.1) is 26.4 Å². The summed E-state index contributed by atoms with van der Waals surface area (Å²) in [5.41, 5.74) is 0. The summed E-state index contributed by atoms with van der Waals surface area (Å²) in [6.07, 6.45) is 0. The van der Waals surface area contributed by atoms with Crippen LogP contribution in [0.3, 0.4) is 0 Å². The van der Waals surface area contributed by atoms with E-state index in [0.717, 1.165) is 0 Å². The molecule has 0 atom stereocenters. The van der Waals surface area contributed by atoms with Crippen LogP contribution in [0, 0.1) is 0 Å². The van der Waals surface area contributed by atoms with Crippen molar-refractivity contribution in [3.63, 3.8) is 0 Å². The Balaban J connectivity index is -0.000000180. The first-order valence-electron chi connectivity index (χ1n) is 2.21. The third-order valence-electron chi connectivity index (χ3n) is 0.471. The van der Waals surface area contributed by atoms with Crippen molar-refractivity contribution in [2.75, 3.05) is 26.4 Å². The zero-order valence-electron chi connectivity index (χ0n) is 5.34. The molecule has 0 bridgehead atoms. The zero-order chi connectivity index (χ0) is 5.54. The van der Waals surface area contributed by atoms with Gasteiger partial charge >= 0.3 is 0 Å². The van der Waals surface area contributed by atoms with Crippen LogP contribution >= 0.6 is 0 Å². The molecule has 0 radical (unpaired) electrons. The second-order valence-electron chi connectivity index (χ2n) is 1.06. The van der Waals surface area contributed by atoms with Crippen molar-refractivity contribution in [3.05, 3.63) is 0 Å². The fourth-order valence-electron chi connectivity index (χ4n) is 0.231. The van der Waals surface area contributed by atoms with E-state index < -0.39 is 0 Å². The quantitative estimate of drug-likeness (QED) is 0.379. The molecule has 0 aromatic carbocycles. The van der Waals surface area contributed by atoms with Crippen LogP contribution in [-0.2, 0) is 26.5 Å². The Bertz CT molecular complexity index is 35.0. The monoisotopic (exact) mass is 171 g/mol. The van der Waals surface area contributed by atoms with Gasteiger partial charge in [-0.15, -0.1) is 0 Å². The molecule has 0 rings (SSSR count). The number of hydrogen-bond donors (Lipinski definition) is 3. The van der Waals surface area contributed by atoms with Gasteiger partial charge in [0, 0.05) is 21.7 Å². The predicted molar refractivity (Wildman–Crippen MR) is 30.0 cm³/mol. The summed E-state index contributed by atoms with van der Waals surface area (Å²) in [6, 6.07) is 0. The standard InChI is InChI=1S/C4H10O3.H3N.Ti/c5-1-3-7-4-2-6;;/h5-6H,1-4H2;1H3;. The van der Waals surface area contributed by atoms with Crippen molar-refractivity contribution in [2.24, 2.45) is 0 Å². The maximum atomic E-state index is 8.09. The van der Waals surface area contributed by atoms with Crippen molar-refractivity contribution in [3.8, 4) is 0 Å². The maximum Gasteiger partial charge on any atom is 0.0698 e. The van der Waals surface area contributed by atoms with Crippen LogP contribution in [0.4, 0.5) is 0 Å². The molecule has 0 aromatic rings. The van der Waals surface area contributed by atoms with Crippen LogP contribution < -0.4 is 6.15 Å². The average molecular weight is 171 g/mol. The minimum atomic E-state index is 0. The predicted octanol–water partition coefficient (Wildman–Crippen LogP) is -0.853. The van der Waals surface area contributed by atoms with Crippen LogP contribution in [-0.4, -0.2) is 36.6 Å². The summed E-state index contributed by atoms with van der Waals surface area (Å²) in [7, 11) is 0. The molecule has 0 unspecified atom stereocenters. The van der Waals surface area contributed by atoms with Gasteiger partial charge in [0.2, 0.25) is 0 Å². The average Bonchev–Trinajstić information content (AvgIpc) is 1.69. The van der Waals surface area contributed by atoms with Gasteiger partial charge in [-0.2, -0.15) is 0 Å². The van der Waals surface area contributed by atoms with Gasteiger partial charge in [-0.25, -0.2) is 0 Å². The SMILES string of the molecule is N.OCCOCCO.[Ti]. The van der Waals surface area contributed by atoms with Crippen LogP contribution in [0.15, 0.2) is 0 Å². The molecule has 0 amide bonds. The number of ether oxygens (including phenoxy) is 1. The van der Waals surface area contributed by atoms with Gasteiger partial charge < -0.3 is 21.1 Å². The summed E-state index contributed by atoms with van der Waals surface area (Å²) in [5, 5.41) is 16.2. The third-order valence-corrected chi connectivity index (χ3v) is 0.471. The van der Waals surface area contributed by atoms with E-state index in [-0.39, 0.29) is 41.1 Å². The number of rotatable bonds is 4. The zero-order valence-corrected chi connectivity index (χ0v) is 6.90. The van der Waals surface area contributed by atoms with Gasteiger partial charge in [0.25, 0.3) is 0 Å². The molecule has 0 spiro atoms. The maximum absolute atomic E-state index is 8.09. The molecule has 0 saturated heterocycles. The number of aliphatic hydroxyl groups excluding tert-OH is 2. The fourth-order valence-corrected chi connectivity index (χ4v) is 0.231. The van der Waals surface area contributed by atoms with Crippen LogP contribution in [0.2, 0.25) is 0 Å². The van der Waals surface area contributed by atoms with Crippen molar-refractivity contribution >= 4 is 0 Å². The topological polar surface area (TPSA) is 84.7 Å². The van der Waals surface area contributed by atoms with E-state index in [1.807, 2.05) is 0 Å². The van der Waals surface area contributed by atoms with Crippen LogP contribution in [0.5, 0.6) is 0 Å². The van der Waals surface area contributed by atoms with E-state index in [9.17, 15) is 0 Å². The first kappa shape index (κ1) is 16.3. The summed E-state index contributed by atoms with van der Waals surface area (Å²) in [6.45, 7) is 0.696. The second-order valence-corrected chi connectivity index (χ2v) is 1.06. The van der Waals surface area contributed by atoms with Gasteiger partial charge in [-0.1, -0.05) is 0 Å². The smallest absolute Gasteiger partial charge is 0.0698 e. The first-order valence-corrected chi connectivity index (χ1v) is 2.21. The first-order chi connectivity index (χ1) is 3.41. The molecule has 5 N–H and O–H groups in total. The van der Waals surface area contributed by atoms with Gasteiger partial charge in [-0.05, 0) is 0 Å². The Labute approximate surface area is 69.7 Å². The Morgan fingerprint density at radius 2 is 1.33 bits per heavy atom. The molecule has 0 heterocycles. The molecule has 4 nitrogen and oxygen atoms in total. The molecule has 0 saturated carbocycles. The van der Waals surface area contributed by atoms with Gasteiger partial charge in [0.15, 0.2) is 0 Å². The summed E-state index contributed by atoms with van der Waals surface area (Å²) in [5.74, 6) is 0. The molecule has 0 aliphatic carbocycles. The molecular weight excluding hydrogens is 158 g/mol. The third kappa shape index (κ3) is 17.7. The molecule has 0 aromatic heterocycles. The molecule has 5 heteroatoms. The van der Waals surface area contributed by atoms with Crippen LogP contribution in [0.1, 0.15) is 0 Å². The molecular formula is C4H13NO3Ti. The molecule has 0 fully saturated rings.